The molecule has 0 aromatic carbocycles. The molecule has 5 nitrogen and oxygen atoms in total. The SMILES string of the molecule is Cc1ncc(Cc2ncc[nH]2)c(CN)c1O. The molecule has 2 aromatic rings. The van der Waals surface area contributed by atoms with Crippen LogP contribution in [0.25, 0.3) is 0 Å². The van der Waals surface area contributed by atoms with Gasteiger partial charge >= 0.3 is 0 Å². The van der Waals surface area contributed by atoms with Crippen molar-refractivity contribution in [1.82, 2.24) is 15.0 Å². The fourth-order valence-corrected chi connectivity index (χ4v) is 1.64. The summed E-state index contributed by atoms with van der Waals surface area (Å²) < 4.78 is 0. The van der Waals surface area contributed by atoms with Crippen molar-refractivity contribution in [3.63, 3.8) is 0 Å². The Hall–Kier alpha value is -1.88. The third-order valence-electron chi connectivity index (χ3n) is 2.55. The molecule has 0 atom stereocenters. The quantitative estimate of drug-likeness (QED) is 0.713. The van der Waals surface area contributed by atoms with Crippen LogP contribution in [0.2, 0.25) is 0 Å². The summed E-state index contributed by atoms with van der Waals surface area (Å²) in [5.74, 6) is 1.02. The lowest BCUT2D eigenvalue weighted by atomic mass is 10.0. The minimum absolute atomic E-state index is 0.187. The Balaban J connectivity index is 2.37. The van der Waals surface area contributed by atoms with Crippen molar-refractivity contribution < 1.29 is 5.11 Å². The molecule has 5 heteroatoms. The molecule has 16 heavy (non-hydrogen) atoms. The van der Waals surface area contributed by atoms with Crippen LogP contribution in [0.3, 0.4) is 0 Å². The number of rotatable bonds is 3. The summed E-state index contributed by atoms with van der Waals surface area (Å²) >= 11 is 0. The minimum Gasteiger partial charge on any atom is -0.506 e. The number of nitrogens with one attached hydrogen (secondary N) is 1. The Morgan fingerprint density at radius 2 is 2.25 bits per heavy atom. The first-order chi connectivity index (χ1) is 7.72. The Morgan fingerprint density at radius 3 is 2.88 bits per heavy atom. The number of aromatic nitrogens is 3. The molecule has 0 saturated heterocycles. The maximum atomic E-state index is 9.83. The lowest BCUT2D eigenvalue weighted by Crippen LogP contribution is -2.05. The van der Waals surface area contributed by atoms with Crippen LogP contribution in [0.4, 0.5) is 0 Å². The number of H-pyrrole nitrogens is 1. The van der Waals surface area contributed by atoms with Gasteiger partial charge in [0.1, 0.15) is 11.6 Å². The van der Waals surface area contributed by atoms with E-state index in [1.54, 1.807) is 25.5 Å². The van der Waals surface area contributed by atoms with Crippen molar-refractivity contribution in [2.45, 2.75) is 19.9 Å². The Kier molecular flexibility index (Phi) is 2.87. The van der Waals surface area contributed by atoms with Gasteiger partial charge in [0.2, 0.25) is 0 Å². The molecule has 0 aliphatic carbocycles. The van der Waals surface area contributed by atoms with E-state index in [0.717, 1.165) is 17.0 Å². The van der Waals surface area contributed by atoms with Crippen molar-refractivity contribution in [3.05, 3.63) is 41.2 Å². The number of nitrogens with two attached hydrogens (primary N) is 1. The Morgan fingerprint density at radius 1 is 1.44 bits per heavy atom. The van der Waals surface area contributed by atoms with Crippen molar-refractivity contribution >= 4 is 0 Å². The molecule has 0 amide bonds. The highest BCUT2D eigenvalue weighted by atomic mass is 16.3. The van der Waals surface area contributed by atoms with Gasteiger partial charge in [0.25, 0.3) is 0 Å². The van der Waals surface area contributed by atoms with Crippen LogP contribution < -0.4 is 5.73 Å². The predicted molar refractivity (Wildman–Crippen MR) is 59.9 cm³/mol. The molecule has 2 heterocycles. The second kappa shape index (κ2) is 4.32. The molecule has 84 valence electrons. The molecule has 0 aliphatic heterocycles. The molecule has 0 saturated carbocycles. The molecule has 2 aromatic heterocycles. The number of imidazole rings is 1. The summed E-state index contributed by atoms with van der Waals surface area (Å²) in [4.78, 5) is 11.3. The van der Waals surface area contributed by atoms with Crippen LogP contribution in [-0.4, -0.2) is 20.1 Å². The zero-order valence-corrected chi connectivity index (χ0v) is 9.07. The molecule has 0 radical (unpaired) electrons. The van der Waals surface area contributed by atoms with E-state index in [4.69, 9.17) is 5.73 Å². The van der Waals surface area contributed by atoms with Gasteiger partial charge in [-0.25, -0.2) is 4.98 Å². The average Bonchev–Trinajstić information content (AvgIpc) is 2.77. The van der Waals surface area contributed by atoms with E-state index in [1.165, 1.54) is 0 Å². The van der Waals surface area contributed by atoms with E-state index in [9.17, 15) is 5.11 Å². The number of aryl methyl sites for hydroxylation is 1. The first kappa shape index (κ1) is 10.6. The topological polar surface area (TPSA) is 87.8 Å². The summed E-state index contributed by atoms with van der Waals surface area (Å²) in [5.41, 5.74) is 7.87. The van der Waals surface area contributed by atoms with Crippen LogP contribution in [0.5, 0.6) is 5.75 Å². The predicted octanol–water partition coefficient (Wildman–Crippen LogP) is 0.868. The van der Waals surface area contributed by atoms with Gasteiger partial charge in [0.15, 0.2) is 0 Å². The normalized spacial score (nSPS) is 10.6. The van der Waals surface area contributed by atoms with Gasteiger partial charge in [-0.1, -0.05) is 0 Å². The standard InChI is InChI=1S/C11H14N4O/c1-7-11(16)9(5-12)8(6-15-7)4-10-13-2-3-14-10/h2-3,6,16H,4-5,12H2,1H3,(H,13,14). The third-order valence-corrected chi connectivity index (χ3v) is 2.55. The lowest BCUT2D eigenvalue weighted by Gasteiger charge is -2.09. The highest BCUT2D eigenvalue weighted by molar-refractivity contribution is 5.41. The van der Waals surface area contributed by atoms with Gasteiger partial charge in [-0.2, -0.15) is 0 Å². The summed E-state index contributed by atoms with van der Waals surface area (Å²) in [5, 5.41) is 9.83. The number of pyridine rings is 1. The highest BCUT2D eigenvalue weighted by Gasteiger charge is 2.11. The molecule has 4 N–H and O–H groups in total. The summed E-state index contributed by atoms with van der Waals surface area (Å²) in [7, 11) is 0. The molecular weight excluding hydrogens is 204 g/mol. The molecule has 0 fully saturated rings. The first-order valence-electron chi connectivity index (χ1n) is 5.07. The Bertz CT molecular complexity index is 479. The fraction of sp³-hybridized carbons (Fsp3) is 0.273. The van der Waals surface area contributed by atoms with Gasteiger partial charge in [-0.05, 0) is 12.5 Å². The second-order valence-corrected chi connectivity index (χ2v) is 3.61. The summed E-state index contributed by atoms with van der Waals surface area (Å²) in [6.07, 6.45) is 5.79. The van der Waals surface area contributed by atoms with E-state index >= 15 is 0 Å². The van der Waals surface area contributed by atoms with Gasteiger partial charge in [0, 0.05) is 37.1 Å². The van der Waals surface area contributed by atoms with Gasteiger partial charge in [0.05, 0.1) is 5.69 Å². The number of hydrogen-bond donors (Lipinski definition) is 3. The minimum atomic E-state index is 0.187. The average molecular weight is 218 g/mol. The van der Waals surface area contributed by atoms with Crippen LogP contribution in [0, 0.1) is 6.92 Å². The van der Waals surface area contributed by atoms with Gasteiger partial charge in [-0.3, -0.25) is 4.98 Å². The molecule has 0 unspecified atom stereocenters. The van der Waals surface area contributed by atoms with Crippen molar-refractivity contribution in [2.75, 3.05) is 0 Å². The van der Waals surface area contributed by atoms with Crippen molar-refractivity contribution in [1.29, 1.82) is 0 Å². The fourth-order valence-electron chi connectivity index (χ4n) is 1.64. The van der Waals surface area contributed by atoms with E-state index in [-0.39, 0.29) is 5.75 Å². The molecular formula is C11H14N4O. The van der Waals surface area contributed by atoms with Crippen molar-refractivity contribution in [3.8, 4) is 5.75 Å². The molecule has 2 rings (SSSR count). The van der Waals surface area contributed by atoms with Crippen LogP contribution in [-0.2, 0) is 13.0 Å². The second-order valence-electron chi connectivity index (χ2n) is 3.61. The van der Waals surface area contributed by atoms with E-state index in [0.29, 0.717) is 18.7 Å². The van der Waals surface area contributed by atoms with Crippen LogP contribution in [0.1, 0.15) is 22.6 Å². The number of hydrogen-bond acceptors (Lipinski definition) is 4. The summed E-state index contributed by atoms with van der Waals surface area (Å²) in [6, 6.07) is 0. The zero-order chi connectivity index (χ0) is 11.5. The highest BCUT2D eigenvalue weighted by Crippen LogP contribution is 2.24. The monoisotopic (exact) mass is 218 g/mol. The summed E-state index contributed by atoms with van der Waals surface area (Å²) in [6.45, 7) is 2.05. The van der Waals surface area contributed by atoms with E-state index in [2.05, 4.69) is 15.0 Å². The van der Waals surface area contributed by atoms with Gasteiger partial charge in [-0.15, -0.1) is 0 Å². The number of aromatic amines is 1. The van der Waals surface area contributed by atoms with E-state index in [1.807, 2.05) is 0 Å². The largest absolute Gasteiger partial charge is 0.506 e. The maximum Gasteiger partial charge on any atom is 0.141 e. The Labute approximate surface area is 93.4 Å². The van der Waals surface area contributed by atoms with Gasteiger partial charge < -0.3 is 15.8 Å². The smallest absolute Gasteiger partial charge is 0.141 e. The van der Waals surface area contributed by atoms with Crippen LogP contribution in [0.15, 0.2) is 18.6 Å². The zero-order valence-electron chi connectivity index (χ0n) is 9.07. The molecule has 0 aliphatic rings. The maximum absolute atomic E-state index is 9.83. The molecule has 0 bridgehead atoms. The first-order valence-corrected chi connectivity index (χ1v) is 5.07. The van der Waals surface area contributed by atoms with Crippen LogP contribution >= 0.6 is 0 Å². The third kappa shape index (κ3) is 1.90. The lowest BCUT2D eigenvalue weighted by molar-refractivity contribution is 0.459. The number of aromatic hydroxyl groups is 1. The molecule has 0 spiro atoms. The van der Waals surface area contributed by atoms with E-state index < -0.39 is 0 Å². The van der Waals surface area contributed by atoms with Crippen molar-refractivity contribution in [2.24, 2.45) is 5.73 Å². The number of nitrogens with zero attached hydrogens (tertiary/aromatic N) is 2.